The Morgan fingerprint density at radius 2 is 1.93 bits per heavy atom. The van der Waals surface area contributed by atoms with Crippen molar-refractivity contribution < 1.29 is 8.78 Å². The quantitative estimate of drug-likeness (QED) is 0.698. The molecule has 2 rings (SSSR count). The number of nitrogens with zero attached hydrogens (tertiary/aromatic N) is 1. The predicted molar refractivity (Wildman–Crippen MR) is 54.2 cm³/mol. The summed E-state index contributed by atoms with van der Waals surface area (Å²) in [5.74, 6) is -2.31. The lowest BCUT2D eigenvalue weighted by molar-refractivity contribution is 0.242. The van der Waals surface area contributed by atoms with E-state index in [1.165, 1.54) is 11.1 Å². The first kappa shape index (κ1) is 9.93. The van der Waals surface area contributed by atoms with Gasteiger partial charge in [0.05, 0.1) is 0 Å². The number of hydrogen-bond donors (Lipinski definition) is 0. The maximum atomic E-state index is 12.1. The van der Waals surface area contributed by atoms with Crippen LogP contribution in [0.1, 0.15) is 11.1 Å². The second-order valence-electron chi connectivity index (χ2n) is 3.25. The van der Waals surface area contributed by atoms with Gasteiger partial charge < -0.3 is 0 Å². The van der Waals surface area contributed by atoms with Crippen LogP contribution in [0.25, 0.3) is 0 Å². The molecule has 0 spiro atoms. The summed E-state index contributed by atoms with van der Waals surface area (Å²) >= 11 is 0.639. The Morgan fingerprint density at radius 3 is 2.64 bits per heavy atom. The molecule has 0 bridgehead atoms. The molecule has 0 N–H and O–H groups in total. The maximum absolute atomic E-state index is 12.1. The number of benzene rings is 1. The molecule has 0 amide bonds. The van der Waals surface area contributed by atoms with Crippen LogP contribution in [0.3, 0.4) is 0 Å². The predicted octanol–water partition coefficient (Wildman–Crippen LogP) is 2.92. The minimum atomic E-state index is -2.31. The summed E-state index contributed by atoms with van der Waals surface area (Å²) in [5.41, 5.74) is 2.46. The summed E-state index contributed by atoms with van der Waals surface area (Å²) in [5, 5.41) is 0. The SMILES string of the molecule is FC(F)SN1CCc2ccccc2C1. The molecule has 0 aliphatic carbocycles. The van der Waals surface area contributed by atoms with Crippen LogP contribution in [0.2, 0.25) is 0 Å². The summed E-state index contributed by atoms with van der Waals surface area (Å²) in [7, 11) is 0. The third kappa shape index (κ3) is 2.25. The van der Waals surface area contributed by atoms with Gasteiger partial charge in [-0.25, -0.2) is 4.31 Å². The molecular weight excluding hydrogens is 204 g/mol. The standard InChI is InChI=1S/C10H11F2NS/c11-10(12)14-13-6-5-8-3-1-2-4-9(8)7-13/h1-4,10H,5-7H2. The molecule has 0 atom stereocenters. The third-order valence-corrected chi connectivity index (χ3v) is 3.09. The Balaban J connectivity index is 2.06. The Labute approximate surface area is 86.2 Å². The van der Waals surface area contributed by atoms with Crippen LogP contribution in [0.4, 0.5) is 8.78 Å². The van der Waals surface area contributed by atoms with Gasteiger partial charge in [0.2, 0.25) is 0 Å². The largest absolute Gasteiger partial charge is 0.298 e. The topological polar surface area (TPSA) is 3.24 Å². The number of rotatable bonds is 2. The van der Waals surface area contributed by atoms with Gasteiger partial charge in [-0.1, -0.05) is 24.3 Å². The molecule has 1 aliphatic heterocycles. The van der Waals surface area contributed by atoms with E-state index in [-0.39, 0.29) is 0 Å². The van der Waals surface area contributed by atoms with Crippen molar-refractivity contribution in [3.63, 3.8) is 0 Å². The molecule has 0 saturated carbocycles. The van der Waals surface area contributed by atoms with Crippen LogP contribution in [0.15, 0.2) is 24.3 Å². The molecule has 14 heavy (non-hydrogen) atoms. The van der Waals surface area contributed by atoms with Crippen molar-refractivity contribution >= 4 is 11.9 Å². The van der Waals surface area contributed by atoms with Gasteiger partial charge in [-0.2, -0.15) is 8.78 Å². The summed E-state index contributed by atoms with van der Waals surface area (Å²) < 4.78 is 26.0. The van der Waals surface area contributed by atoms with E-state index < -0.39 is 5.76 Å². The number of hydrogen-bond acceptors (Lipinski definition) is 2. The summed E-state index contributed by atoms with van der Waals surface area (Å²) in [6.45, 7) is 1.34. The van der Waals surface area contributed by atoms with Gasteiger partial charge in [0.1, 0.15) is 0 Å². The molecule has 0 saturated heterocycles. The van der Waals surface area contributed by atoms with E-state index in [1.807, 2.05) is 18.2 Å². The highest BCUT2D eigenvalue weighted by atomic mass is 32.2. The fraction of sp³-hybridized carbons (Fsp3) is 0.400. The molecule has 0 unspecified atom stereocenters. The molecule has 0 radical (unpaired) electrons. The van der Waals surface area contributed by atoms with Crippen LogP contribution in [0.5, 0.6) is 0 Å². The highest BCUT2D eigenvalue weighted by molar-refractivity contribution is 7.97. The second kappa shape index (κ2) is 4.28. The summed E-state index contributed by atoms with van der Waals surface area (Å²) in [4.78, 5) is 0. The zero-order chi connectivity index (χ0) is 9.97. The lowest BCUT2D eigenvalue weighted by Gasteiger charge is -2.26. The van der Waals surface area contributed by atoms with Crippen LogP contribution >= 0.6 is 11.9 Å². The van der Waals surface area contributed by atoms with Gasteiger partial charge in [0, 0.05) is 13.1 Å². The van der Waals surface area contributed by atoms with Gasteiger partial charge in [0.15, 0.2) is 0 Å². The van der Waals surface area contributed by atoms with Crippen LogP contribution in [0, 0.1) is 0 Å². The van der Waals surface area contributed by atoms with E-state index in [2.05, 4.69) is 6.07 Å². The van der Waals surface area contributed by atoms with Crippen molar-refractivity contribution in [2.45, 2.75) is 18.7 Å². The van der Waals surface area contributed by atoms with Crippen molar-refractivity contribution in [3.8, 4) is 0 Å². The number of fused-ring (bicyclic) bond motifs is 1. The van der Waals surface area contributed by atoms with E-state index in [4.69, 9.17) is 0 Å². The lowest BCUT2D eigenvalue weighted by atomic mass is 10.0. The maximum Gasteiger partial charge on any atom is 0.298 e. The molecule has 4 heteroatoms. The molecule has 0 aromatic heterocycles. The van der Waals surface area contributed by atoms with Crippen molar-refractivity contribution in [1.29, 1.82) is 0 Å². The van der Waals surface area contributed by atoms with Gasteiger partial charge in [-0.05, 0) is 29.5 Å². The van der Waals surface area contributed by atoms with E-state index in [0.29, 0.717) is 25.0 Å². The second-order valence-corrected chi connectivity index (χ2v) is 4.33. The third-order valence-electron chi connectivity index (χ3n) is 2.32. The first-order valence-corrected chi connectivity index (χ1v) is 5.36. The zero-order valence-corrected chi connectivity index (χ0v) is 8.44. The van der Waals surface area contributed by atoms with Gasteiger partial charge in [-0.15, -0.1) is 0 Å². The fourth-order valence-corrected chi connectivity index (χ4v) is 2.31. The highest BCUT2D eigenvalue weighted by Crippen LogP contribution is 2.27. The Hall–Kier alpha value is -0.610. The van der Waals surface area contributed by atoms with Crippen molar-refractivity contribution in [2.75, 3.05) is 6.54 Å². The fourth-order valence-electron chi connectivity index (χ4n) is 1.67. The average Bonchev–Trinajstić information content (AvgIpc) is 2.17. The van der Waals surface area contributed by atoms with Crippen LogP contribution in [-0.4, -0.2) is 16.6 Å². The van der Waals surface area contributed by atoms with Crippen molar-refractivity contribution in [1.82, 2.24) is 4.31 Å². The molecular formula is C10H11F2NS. The van der Waals surface area contributed by atoms with Crippen molar-refractivity contribution in [3.05, 3.63) is 35.4 Å². The van der Waals surface area contributed by atoms with E-state index in [0.717, 1.165) is 6.42 Å². The summed E-state index contributed by atoms with van der Waals surface area (Å²) in [6.07, 6.45) is 0.871. The molecule has 1 nitrogen and oxygen atoms in total. The first-order chi connectivity index (χ1) is 6.75. The first-order valence-electron chi connectivity index (χ1n) is 4.52. The summed E-state index contributed by atoms with van der Waals surface area (Å²) in [6, 6.07) is 8.03. The van der Waals surface area contributed by atoms with Crippen LogP contribution in [-0.2, 0) is 13.0 Å². The van der Waals surface area contributed by atoms with Crippen LogP contribution < -0.4 is 0 Å². The van der Waals surface area contributed by atoms with Crippen molar-refractivity contribution in [2.24, 2.45) is 0 Å². The average molecular weight is 215 g/mol. The minimum absolute atomic E-state index is 0.630. The highest BCUT2D eigenvalue weighted by Gasteiger charge is 2.19. The molecule has 1 aliphatic rings. The number of alkyl halides is 2. The van der Waals surface area contributed by atoms with E-state index >= 15 is 0 Å². The Kier molecular flexibility index (Phi) is 3.03. The van der Waals surface area contributed by atoms with Gasteiger partial charge in [0.25, 0.3) is 5.76 Å². The van der Waals surface area contributed by atoms with Gasteiger partial charge in [-0.3, -0.25) is 0 Å². The van der Waals surface area contributed by atoms with E-state index in [1.54, 1.807) is 4.31 Å². The molecule has 76 valence electrons. The van der Waals surface area contributed by atoms with Gasteiger partial charge >= 0.3 is 0 Å². The monoisotopic (exact) mass is 215 g/mol. The minimum Gasteiger partial charge on any atom is -0.241 e. The zero-order valence-electron chi connectivity index (χ0n) is 7.62. The Morgan fingerprint density at radius 1 is 1.21 bits per heavy atom. The molecule has 0 fully saturated rings. The normalized spacial score (nSPS) is 17.1. The molecule has 1 aromatic rings. The van der Waals surface area contributed by atoms with E-state index in [9.17, 15) is 8.78 Å². The number of halogens is 2. The molecule has 1 aromatic carbocycles. The lowest BCUT2D eigenvalue weighted by Crippen LogP contribution is -2.25. The Bertz CT molecular complexity index is 317. The molecule has 1 heterocycles. The smallest absolute Gasteiger partial charge is 0.241 e.